The van der Waals surface area contributed by atoms with Crippen LogP contribution in [0, 0.1) is 20.8 Å². The molecule has 1 aliphatic carbocycles. The lowest BCUT2D eigenvalue weighted by Crippen LogP contribution is -2.37. The highest BCUT2D eigenvalue weighted by Crippen LogP contribution is 2.30. The number of hydrogen-bond acceptors (Lipinski definition) is 4. The minimum absolute atomic E-state index is 0.00529. The molecule has 1 fully saturated rings. The molecule has 29 heavy (non-hydrogen) atoms. The van der Waals surface area contributed by atoms with Crippen LogP contribution < -0.4 is 0 Å². The summed E-state index contributed by atoms with van der Waals surface area (Å²) in [5.41, 5.74) is 3.86. The maximum absolute atomic E-state index is 13.2. The van der Waals surface area contributed by atoms with E-state index in [4.69, 9.17) is 4.74 Å². The zero-order valence-corrected chi connectivity index (χ0v) is 17.7. The van der Waals surface area contributed by atoms with E-state index >= 15 is 0 Å². The number of carbonyl (C=O) groups is 3. The van der Waals surface area contributed by atoms with Crippen LogP contribution in [0.2, 0.25) is 0 Å². The van der Waals surface area contributed by atoms with Gasteiger partial charge in [0.25, 0.3) is 5.91 Å². The third-order valence-corrected chi connectivity index (χ3v) is 5.54. The van der Waals surface area contributed by atoms with Gasteiger partial charge in [0, 0.05) is 29.9 Å². The van der Waals surface area contributed by atoms with Gasteiger partial charge in [-0.25, -0.2) is 4.79 Å². The molecule has 6 heteroatoms. The number of carbonyl (C=O) groups excluding carboxylic acids is 3. The quantitative estimate of drug-likeness (QED) is 0.530. The molecule has 0 radical (unpaired) electrons. The van der Waals surface area contributed by atoms with E-state index in [1.54, 1.807) is 42.5 Å². The highest BCUT2D eigenvalue weighted by molar-refractivity contribution is 6.06. The number of rotatable bonds is 7. The van der Waals surface area contributed by atoms with E-state index in [1.165, 1.54) is 0 Å². The van der Waals surface area contributed by atoms with Crippen LogP contribution in [0.4, 0.5) is 0 Å². The van der Waals surface area contributed by atoms with E-state index in [9.17, 15) is 14.4 Å². The van der Waals surface area contributed by atoms with E-state index < -0.39 is 5.97 Å². The predicted octanol–water partition coefficient (Wildman–Crippen LogP) is 3.61. The first-order valence-corrected chi connectivity index (χ1v) is 10.00. The second-order valence-corrected chi connectivity index (χ2v) is 7.67. The molecule has 6 nitrogen and oxygen atoms in total. The molecule has 0 atom stereocenters. The molecule has 0 N–H and O–H groups in total. The summed E-state index contributed by atoms with van der Waals surface area (Å²) in [7, 11) is 1.75. The highest BCUT2D eigenvalue weighted by atomic mass is 16.5. The van der Waals surface area contributed by atoms with Gasteiger partial charge in [-0.15, -0.1) is 0 Å². The lowest BCUT2D eigenvalue weighted by molar-refractivity contribution is 0.0514. The van der Waals surface area contributed by atoms with Crippen LogP contribution in [0.15, 0.2) is 24.3 Å². The molecule has 1 heterocycles. The third-order valence-electron chi connectivity index (χ3n) is 5.54. The molecular weight excluding hydrogens is 368 g/mol. The van der Waals surface area contributed by atoms with E-state index in [-0.39, 0.29) is 30.9 Å². The monoisotopic (exact) mass is 396 g/mol. The number of amides is 1. The number of benzene rings is 1. The van der Waals surface area contributed by atoms with Gasteiger partial charge in [0.05, 0.1) is 13.2 Å². The Hall–Kier alpha value is -2.89. The maximum Gasteiger partial charge on any atom is 0.355 e. The van der Waals surface area contributed by atoms with Crippen LogP contribution in [0.25, 0.3) is 0 Å². The second kappa shape index (κ2) is 8.23. The van der Waals surface area contributed by atoms with Gasteiger partial charge in [0.15, 0.2) is 5.78 Å². The van der Waals surface area contributed by atoms with Crippen molar-refractivity contribution in [3.63, 3.8) is 0 Å². The van der Waals surface area contributed by atoms with Crippen molar-refractivity contribution in [2.24, 2.45) is 7.05 Å². The first-order valence-electron chi connectivity index (χ1n) is 10.00. The van der Waals surface area contributed by atoms with Gasteiger partial charge in [-0.1, -0.05) is 17.7 Å². The fraction of sp³-hybridized carbons (Fsp3) is 0.435. The van der Waals surface area contributed by atoms with Crippen molar-refractivity contribution in [3.05, 3.63) is 57.9 Å². The Labute approximate surface area is 171 Å². The van der Waals surface area contributed by atoms with Crippen LogP contribution in [0.3, 0.4) is 0 Å². The van der Waals surface area contributed by atoms with Crippen molar-refractivity contribution in [2.75, 3.05) is 13.2 Å². The smallest absolute Gasteiger partial charge is 0.355 e. The van der Waals surface area contributed by atoms with Crippen molar-refractivity contribution in [3.8, 4) is 0 Å². The molecule has 3 rings (SSSR count). The largest absolute Gasteiger partial charge is 0.461 e. The van der Waals surface area contributed by atoms with Gasteiger partial charge in [0.2, 0.25) is 0 Å². The fourth-order valence-electron chi connectivity index (χ4n) is 3.73. The molecular formula is C23H28N2O4. The summed E-state index contributed by atoms with van der Waals surface area (Å²) in [4.78, 5) is 40.2. The molecule has 1 aromatic heterocycles. The zero-order chi connectivity index (χ0) is 21.3. The summed E-state index contributed by atoms with van der Waals surface area (Å²) >= 11 is 0. The number of ketones is 1. The normalized spacial score (nSPS) is 13.3. The van der Waals surface area contributed by atoms with Gasteiger partial charge in [0.1, 0.15) is 5.69 Å². The van der Waals surface area contributed by atoms with Crippen LogP contribution in [0.1, 0.15) is 67.8 Å². The molecule has 0 aliphatic heterocycles. The van der Waals surface area contributed by atoms with E-state index in [1.807, 2.05) is 26.0 Å². The SMILES string of the molecule is CCOC(=O)c1c(C)c(C(=O)CN(C(=O)c2ccc(C)cc2)C2CC2)c(C)n1C. The highest BCUT2D eigenvalue weighted by Gasteiger charge is 2.36. The molecule has 0 spiro atoms. The van der Waals surface area contributed by atoms with Gasteiger partial charge >= 0.3 is 5.97 Å². The Morgan fingerprint density at radius 2 is 1.72 bits per heavy atom. The van der Waals surface area contributed by atoms with Crippen molar-refractivity contribution in [1.29, 1.82) is 0 Å². The Balaban J connectivity index is 1.88. The summed E-state index contributed by atoms with van der Waals surface area (Å²) in [6.07, 6.45) is 1.82. The molecule has 1 saturated carbocycles. The van der Waals surface area contributed by atoms with Gasteiger partial charge in [-0.05, 0) is 58.2 Å². The molecule has 1 aliphatic rings. The molecule has 0 unspecified atom stereocenters. The molecule has 2 aromatic rings. The van der Waals surface area contributed by atoms with Crippen LogP contribution in [-0.4, -0.2) is 46.3 Å². The van der Waals surface area contributed by atoms with Crippen LogP contribution in [0.5, 0.6) is 0 Å². The summed E-state index contributed by atoms with van der Waals surface area (Å²) in [6, 6.07) is 7.50. The number of nitrogens with zero attached hydrogens (tertiary/aromatic N) is 2. The standard InChI is InChI=1S/C23H28N2O4/c1-6-29-23(28)21-15(3)20(16(4)24(21)5)19(26)13-25(18-11-12-18)22(27)17-9-7-14(2)8-10-17/h7-10,18H,6,11-13H2,1-5H3. The average Bonchev–Trinajstić information content (AvgIpc) is 3.48. The Morgan fingerprint density at radius 1 is 1.10 bits per heavy atom. The van der Waals surface area contributed by atoms with Gasteiger partial charge < -0.3 is 14.2 Å². The number of hydrogen-bond donors (Lipinski definition) is 0. The Kier molecular flexibility index (Phi) is 5.91. The lowest BCUT2D eigenvalue weighted by atomic mass is 10.0. The van der Waals surface area contributed by atoms with Crippen molar-refractivity contribution in [1.82, 2.24) is 9.47 Å². The Morgan fingerprint density at radius 3 is 2.28 bits per heavy atom. The molecule has 1 aromatic carbocycles. The number of aryl methyl sites for hydroxylation is 1. The zero-order valence-electron chi connectivity index (χ0n) is 17.7. The van der Waals surface area contributed by atoms with Crippen molar-refractivity contribution < 1.29 is 19.1 Å². The molecule has 0 saturated heterocycles. The van der Waals surface area contributed by atoms with Gasteiger partial charge in [-0.2, -0.15) is 0 Å². The van der Waals surface area contributed by atoms with Crippen LogP contribution in [-0.2, 0) is 11.8 Å². The first kappa shape index (κ1) is 20.8. The minimum Gasteiger partial charge on any atom is -0.461 e. The van der Waals surface area contributed by atoms with Crippen molar-refractivity contribution in [2.45, 2.75) is 46.6 Å². The number of esters is 1. The molecule has 1 amide bonds. The maximum atomic E-state index is 13.2. The molecule has 154 valence electrons. The van der Waals surface area contributed by atoms with Crippen LogP contribution >= 0.6 is 0 Å². The molecule has 0 bridgehead atoms. The number of aromatic nitrogens is 1. The summed E-state index contributed by atoms with van der Waals surface area (Å²) in [5, 5.41) is 0. The van der Waals surface area contributed by atoms with E-state index in [0.29, 0.717) is 28.1 Å². The lowest BCUT2D eigenvalue weighted by Gasteiger charge is -2.22. The summed E-state index contributed by atoms with van der Waals surface area (Å²) in [6.45, 7) is 7.57. The predicted molar refractivity (Wildman–Crippen MR) is 110 cm³/mol. The number of ether oxygens (including phenoxy) is 1. The topological polar surface area (TPSA) is 68.6 Å². The van der Waals surface area contributed by atoms with E-state index in [0.717, 1.165) is 18.4 Å². The third kappa shape index (κ3) is 4.11. The summed E-state index contributed by atoms with van der Waals surface area (Å²) in [5.74, 6) is -0.722. The minimum atomic E-state index is -0.440. The first-order chi connectivity index (χ1) is 13.8. The van der Waals surface area contributed by atoms with Crippen molar-refractivity contribution >= 4 is 17.7 Å². The average molecular weight is 396 g/mol. The second-order valence-electron chi connectivity index (χ2n) is 7.67. The van der Waals surface area contributed by atoms with E-state index in [2.05, 4.69) is 0 Å². The fourth-order valence-corrected chi connectivity index (χ4v) is 3.73. The Bertz CT molecular complexity index is 952. The summed E-state index contributed by atoms with van der Waals surface area (Å²) < 4.78 is 6.84. The number of Topliss-reactive ketones (excluding diaryl/α,β-unsaturated/α-hetero) is 1. The van der Waals surface area contributed by atoms with Gasteiger partial charge in [-0.3, -0.25) is 9.59 Å².